The second-order valence-corrected chi connectivity index (χ2v) is 3.61. The molecule has 0 bridgehead atoms. The molecule has 0 aliphatic heterocycles. The van der Waals surface area contributed by atoms with Crippen LogP contribution in [0.15, 0.2) is 0 Å². The maximum absolute atomic E-state index is 5.15. The van der Waals surface area contributed by atoms with Gasteiger partial charge in [0.15, 0.2) is 0 Å². The number of likely N-dealkylation sites (N-methyl/N-ethyl adjacent to an activating group) is 1. The van der Waals surface area contributed by atoms with Gasteiger partial charge < -0.3 is 5.32 Å². The van der Waals surface area contributed by atoms with E-state index < -0.39 is 0 Å². The van der Waals surface area contributed by atoms with Gasteiger partial charge in [0, 0.05) is 18.6 Å². The highest BCUT2D eigenvalue weighted by atomic mass is 15.2. The summed E-state index contributed by atoms with van der Waals surface area (Å²) >= 11 is 0. The summed E-state index contributed by atoms with van der Waals surface area (Å²) in [5, 5.41) is 3.22. The lowest BCUT2D eigenvalue weighted by Gasteiger charge is -2.30. The summed E-state index contributed by atoms with van der Waals surface area (Å²) in [6.45, 7) is 8.31. The normalized spacial score (nSPS) is 15.4. The number of hydrogen-bond acceptors (Lipinski definition) is 2. The molecule has 76 valence electrons. The van der Waals surface area contributed by atoms with E-state index in [0.29, 0.717) is 18.6 Å². The van der Waals surface area contributed by atoms with E-state index in [9.17, 15) is 0 Å². The molecule has 0 amide bonds. The van der Waals surface area contributed by atoms with Crippen molar-refractivity contribution in [2.24, 2.45) is 0 Å². The van der Waals surface area contributed by atoms with Crippen LogP contribution < -0.4 is 5.32 Å². The van der Waals surface area contributed by atoms with E-state index in [4.69, 9.17) is 6.42 Å². The third-order valence-electron chi connectivity index (χ3n) is 2.65. The van der Waals surface area contributed by atoms with Gasteiger partial charge in [-0.1, -0.05) is 12.8 Å². The summed E-state index contributed by atoms with van der Waals surface area (Å²) in [6, 6.07) is 1.19. The van der Waals surface area contributed by atoms with Crippen molar-refractivity contribution < 1.29 is 0 Å². The molecule has 0 aliphatic rings. The Morgan fingerprint density at radius 3 is 2.46 bits per heavy atom. The van der Waals surface area contributed by atoms with Gasteiger partial charge in [-0.2, -0.15) is 0 Å². The lowest BCUT2D eigenvalue weighted by Crippen LogP contribution is -2.42. The predicted molar refractivity (Wildman–Crippen MR) is 58.7 cm³/mol. The number of hydrogen-bond donors (Lipinski definition) is 1. The van der Waals surface area contributed by atoms with Crippen molar-refractivity contribution in [3.05, 3.63) is 0 Å². The van der Waals surface area contributed by atoms with Crippen molar-refractivity contribution in [2.45, 2.75) is 39.3 Å². The monoisotopic (exact) mass is 182 g/mol. The zero-order valence-electron chi connectivity index (χ0n) is 9.30. The molecule has 2 heteroatoms. The Balaban J connectivity index is 3.69. The SMILES string of the molecule is C#CCNCC(C)N(C)C(C)CC. The van der Waals surface area contributed by atoms with E-state index >= 15 is 0 Å². The quantitative estimate of drug-likeness (QED) is 0.492. The summed E-state index contributed by atoms with van der Waals surface area (Å²) in [5.41, 5.74) is 0. The number of nitrogens with zero attached hydrogens (tertiary/aromatic N) is 1. The highest BCUT2D eigenvalue weighted by Crippen LogP contribution is 2.04. The first-order chi connectivity index (χ1) is 6.13. The second kappa shape index (κ2) is 6.94. The largest absolute Gasteiger partial charge is 0.305 e. The highest BCUT2D eigenvalue weighted by molar-refractivity contribution is 4.87. The molecule has 0 aromatic rings. The molecule has 0 aliphatic carbocycles. The van der Waals surface area contributed by atoms with Crippen LogP contribution >= 0.6 is 0 Å². The minimum Gasteiger partial charge on any atom is -0.305 e. The summed E-state index contributed by atoms with van der Waals surface area (Å²) in [4.78, 5) is 2.38. The molecular formula is C11H22N2. The first kappa shape index (κ1) is 12.5. The molecule has 0 saturated carbocycles. The maximum Gasteiger partial charge on any atom is 0.0574 e. The second-order valence-electron chi connectivity index (χ2n) is 3.61. The highest BCUT2D eigenvalue weighted by Gasteiger charge is 2.12. The van der Waals surface area contributed by atoms with Gasteiger partial charge in [0.25, 0.3) is 0 Å². The maximum atomic E-state index is 5.15. The van der Waals surface area contributed by atoms with Crippen LogP contribution in [0.2, 0.25) is 0 Å². The van der Waals surface area contributed by atoms with Crippen molar-refractivity contribution in [3.63, 3.8) is 0 Å². The summed E-state index contributed by atoms with van der Waals surface area (Å²) in [7, 11) is 2.16. The molecule has 2 nitrogen and oxygen atoms in total. The number of rotatable bonds is 6. The van der Waals surface area contributed by atoms with Gasteiger partial charge in [0.2, 0.25) is 0 Å². The Bertz CT molecular complexity index is 160. The number of nitrogens with one attached hydrogen (secondary N) is 1. The summed E-state index contributed by atoms with van der Waals surface area (Å²) < 4.78 is 0. The van der Waals surface area contributed by atoms with Crippen molar-refractivity contribution in [1.29, 1.82) is 0 Å². The van der Waals surface area contributed by atoms with Crippen LogP contribution in [0.5, 0.6) is 0 Å². The van der Waals surface area contributed by atoms with Crippen LogP contribution in [-0.4, -0.2) is 37.1 Å². The minimum absolute atomic E-state index is 0.545. The molecule has 0 radical (unpaired) electrons. The first-order valence-corrected chi connectivity index (χ1v) is 4.99. The lowest BCUT2D eigenvalue weighted by atomic mass is 10.2. The third kappa shape index (κ3) is 4.92. The fraction of sp³-hybridized carbons (Fsp3) is 0.818. The Hall–Kier alpha value is -0.520. The van der Waals surface area contributed by atoms with E-state index in [1.807, 2.05) is 0 Å². The molecule has 2 atom stereocenters. The van der Waals surface area contributed by atoms with E-state index in [0.717, 1.165) is 6.54 Å². The average Bonchev–Trinajstić information content (AvgIpc) is 2.15. The van der Waals surface area contributed by atoms with Crippen LogP contribution in [-0.2, 0) is 0 Å². The molecule has 0 spiro atoms. The fourth-order valence-corrected chi connectivity index (χ4v) is 1.22. The molecule has 13 heavy (non-hydrogen) atoms. The van der Waals surface area contributed by atoms with Crippen LogP contribution in [0.3, 0.4) is 0 Å². The minimum atomic E-state index is 0.545. The predicted octanol–water partition coefficient (Wildman–Crippen LogP) is 1.33. The van der Waals surface area contributed by atoms with Gasteiger partial charge in [-0.15, -0.1) is 6.42 Å². The van der Waals surface area contributed by atoms with Crippen LogP contribution in [0.25, 0.3) is 0 Å². The van der Waals surface area contributed by atoms with Gasteiger partial charge in [-0.3, -0.25) is 4.90 Å². The molecule has 0 saturated heterocycles. The fourth-order valence-electron chi connectivity index (χ4n) is 1.22. The van der Waals surface area contributed by atoms with E-state index in [1.54, 1.807) is 0 Å². The van der Waals surface area contributed by atoms with Gasteiger partial charge >= 0.3 is 0 Å². The third-order valence-corrected chi connectivity index (χ3v) is 2.65. The molecule has 1 N–H and O–H groups in total. The Morgan fingerprint density at radius 1 is 1.38 bits per heavy atom. The molecule has 0 heterocycles. The Kier molecular flexibility index (Phi) is 6.66. The Labute approximate surface area is 82.7 Å². The number of terminal acetylenes is 1. The van der Waals surface area contributed by atoms with Gasteiger partial charge in [-0.25, -0.2) is 0 Å². The van der Waals surface area contributed by atoms with Crippen LogP contribution in [0.1, 0.15) is 27.2 Å². The smallest absolute Gasteiger partial charge is 0.0574 e. The van der Waals surface area contributed by atoms with Crippen molar-refractivity contribution in [1.82, 2.24) is 10.2 Å². The van der Waals surface area contributed by atoms with Crippen molar-refractivity contribution >= 4 is 0 Å². The van der Waals surface area contributed by atoms with E-state index in [2.05, 4.69) is 44.0 Å². The summed E-state index contributed by atoms with van der Waals surface area (Å²) in [5.74, 6) is 2.58. The van der Waals surface area contributed by atoms with Gasteiger partial charge in [0.05, 0.1) is 6.54 Å². The van der Waals surface area contributed by atoms with Gasteiger partial charge in [-0.05, 0) is 27.3 Å². The first-order valence-electron chi connectivity index (χ1n) is 4.99. The lowest BCUT2D eigenvalue weighted by molar-refractivity contribution is 0.189. The average molecular weight is 182 g/mol. The Morgan fingerprint density at radius 2 is 2.00 bits per heavy atom. The van der Waals surface area contributed by atoms with Crippen molar-refractivity contribution in [3.8, 4) is 12.3 Å². The zero-order chi connectivity index (χ0) is 10.3. The van der Waals surface area contributed by atoms with E-state index in [1.165, 1.54) is 6.42 Å². The molecule has 2 unspecified atom stereocenters. The molecule has 0 fully saturated rings. The van der Waals surface area contributed by atoms with Crippen LogP contribution in [0, 0.1) is 12.3 Å². The molecule has 0 aromatic carbocycles. The molecule has 0 aromatic heterocycles. The summed E-state index contributed by atoms with van der Waals surface area (Å²) in [6.07, 6.45) is 6.34. The topological polar surface area (TPSA) is 15.3 Å². The van der Waals surface area contributed by atoms with E-state index in [-0.39, 0.29) is 0 Å². The molecule has 0 rings (SSSR count). The van der Waals surface area contributed by atoms with Crippen LogP contribution in [0.4, 0.5) is 0 Å². The standard InChI is InChI=1S/C11H22N2/c1-6-8-12-9-11(4)13(5)10(3)7-2/h1,10-12H,7-9H2,2-5H3. The van der Waals surface area contributed by atoms with Crippen molar-refractivity contribution in [2.75, 3.05) is 20.1 Å². The van der Waals surface area contributed by atoms with Gasteiger partial charge in [0.1, 0.15) is 0 Å². The zero-order valence-corrected chi connectivity index (χ0v) is 9.30. The molecular weight excluding hydrogens is 160 g/mol.